The van der Waals surface area contributed by atoms with E-state index in [2.05, 4.69) is 37.2 Å². The Balaban J connectivity index is 1.20. The molecule has 44 heavy (non-hydrogen) atoms. The molecule has 0 radical (unpaired) electrons. The number of aromatic nitrogens is 7. The van der Waals surface area contributed by atoms with Crippen molar-refractivity contribution in [2.75, 3.05) is 24.7 Å². The van der Waals surface area contributed by atoms with E-state index in [1.807, 2.05) is 0 Å². The van der Waals surface area contributed by atoms with Crippen molar-refractivity contribution in [2.45, 2.75) is 49.5 Å². The van der Waals surface area contributed by atoms with Gasteiger partial charge < -0.3 is 40.0 Å². The van der Waals surface area contributed by atoms with Gasteiger partial charge in [-0.05, 0) is 22.4 Å². The van der Waals surface area contributed by atoms with Crippen molar-refractivity contribution < 1.29 is 42.0 Å². The number of nitrogen functional groups attached to an aromatic ring is 2. The van der Waals surface area contributed by atoms with Gasteiger partial charge in [0.1, 0.15) is 30.0 Å². The Labute approximate surface area is 257 Å². The minimum absolute atomic E-state index is 0.0282. The van der Waals surface area contributed by atoms with E-state index in [0.717, 1.165) is 0 Å². The number of nitrogens with zero attached hydrogens (tertiary/aromatic N) is 6. The number of ether oxygens (including phenoxy) is 2. The summed E-state index contributed by atoms with van der Waals surface area (Å²) in [6.07, 6.45) is -4.69. The molecule has 0 amide bonds. The highest BCUT2D eigenvalue weighted by Crippen LogP contribution is 2.51. The van der Waals surface area contributed by atoms with Crippen LogP contribution >= 0.6 is 26.2 Å². The molecule has 9 atom stereocenters. The summed E-state index contributed by atoms with van der Waals surface area (Å²) in [5.74, 6) is -0.169. The third-order valence-electron chi connectivity index (χ3n) is 6.99. The van der Waals surface area contributed by atoms with Crippen molar-refractivity contribution in [2.24, 2.45) is 0 Å². The molecule has 0 bridgehead atoms. The number of thiol groups is 1. The Morgan fingerprint density at radius 3 is 2.66 bits per heavy atom. The van der Waals surface area contributed by atoms with Crippen molar-refractivity contribution in [1.82, 2.24) is 34.1 Å². The number of nitrogens with two attached hydrogens (primary N) is 2. The second-order valence-corrected chi connectivity index (χ2v) is 14.2. The zero-order valence-corrected chi connectivity index (χ0v) is 25.7. The molecule has 236 valence electrons. The van der Waals surface area contributed by atoms with E-state index >= 15 is 4.39 Å². The average Bonchev–Trinajstić information content (AvgIpc) is 3.73. The number of hydrogen-bond donors (Lipinski definition) is 6. The maximum Gasteiger partial charge on any atom is 0.582 e. The van der Waals surface area contributed by atoms with E-state index in [-0.39, 0.29) is 29.2 Å². The number of alkyl halides is 1. The molecule has 7 N–H and O–H groups in total. The standard InChI is InChI=1S/C21H24FN9O9P2S2/c22-12-15(39-41(34)43)11(38-20(12)30-6-26-13-9(23)1-2-25-16(13)30)5-36-42(35,44)40-10-3-8(4-32)37-19(10)31-7-27-14-17(31)28-21(24)29-18(14)33/h1-2,6-8,10-12,15,19-20,32H,3-5H2,(H6-,23,24,25,28,29,33,34,35,43,44)/p+1/t8-,10?,11+,12?,15-,19+,20+,42?/m0/s1. The lowest BCUT2D eigenvalue weighted by atomic mass is 10.1. The number of fused-ring (bicyclic) bond motifs is 2. The van der Waals surface area contributed by atoms with Crippen LogP contribution < -0.4 is 17.0 Å². The minimum Gasteiger partial charge on any atom is -0.397 e. The number of anilines is 2. The highest BCUT2D eigenvalue weighted by atomic mass is 32.7. The number of pyridine rings is 1. The van der Waals surface area contributed by atoms with Gasteiger partial charge in [-0.2, -0.15) is 4.98 Å². The predicted octanol–water partition coefficient (Wildman–Crippen LogP) is 0.835. The van der Waals surface area contributed by atoms with E-state index in [1.165, 1.54) is 34.1 Å². The Morgan fingerprint density at radius 2 is 1.93 bits per heavy atom. The number of aliphatic hydroxyl groups is 1. The Kier molecular flexibility index (Phi) is 8.72. The summed E-state index contributed by atoms with van der Waals surface area (Å²) in [6.45, 7) is -5.07. The quantitative estimate of drug-likeness (QED) is 0.0995. The molecule has 2 fully saturated rings. The third-order valence-corrected chi connectivity index (χ3v) is 9.28. The van der Waals surface area contributed by atoms with Crippen molar-refractivity contribution in [1.29, 1.82) is 0 Å². The number of nitrogens with one attached hydrogen (secondary N) is 1. The largest absolute Gasteiger partial charge is 0.582 e. The minimum atomic E-state index is -4.13. The van der Waals surface area contributed by atoms with Crippen LogP contribution in [0.25, 0.3) is 22.3 Å². The summed E-state index contributed by atoms with van der Waals surface area (Å²) >= 11 is 8.98. The van der Waals surface area contributed by atoms with Gasteiger partial charge in [0.2, 0.25) is 5.95 Å². The Morgan fingerprint density at radius 1 is 1.20 bits per heavy atom. The van der Waals surface area contributed by atoms with Gasteiger partial charge >= 0.3 is 13.9 Å². The molecular weight excluding hydrogens is 667 g/mol. The number of aliphatic hydroxyl groups excluding tert-OH is 1. The van der Waals surface area contributed by atoms with Gasteiger partial charge in [0.05, 0.1) is 37.7 Å². The molecule has 4 unspecified atom stereocenters. The first-order valence-electron chi connectivity index (χ1n) is 12.8. The van der Waals surface area contributed by atoms with Gasteiger partial charge in [-0.3, -0.25) is 18.9 Å². The van der Waals surface area contributed by atoms with Crippen LogP contribution in [0.3, 0.4) is 0 Å². The predicted molar refractivity (Wildman–Crippen MR) is 158 cm³/mol. The van der Waals surface area contributed by atoms with E-state index in [1.54, 1.807) is 0 Å². The number of halogens is 1. The Bertz CT molecular complexity index is 1830. The van der Waals surface area contributed by atoms with Gasteiger partial charge in [-0.15, -0.1) is 4.52 Å². The summed E-state index contributed by atoms with van der Waals surface area (Å²) in [5, 5.41) is 9.74. The lowest BCUT2D eigenvalue weighted by Crippen LogP contribution is -2.32. The third kappa shape index (κ3) is 5.97. The molecule has 2 saturated heterocycles. The zero-order chi connectivity index (χ0) is 31.3. The van der Waals surface area contributed by atoms with Crippen molar-refractivity contribution >= 4 is 72.0 Å². The highest BCUT2D eigenvalue weighted by Gasteiger charge is 2.52. The van der Waals surface area contributed by atoms with Crippen LogP contribution in [0.15, 0.2) is 29.7 Å². The van der Waals surface area contributed by atoms with Gasteiger partial charge in [0, 0.05) is 12.6 Å². The summed E-state index contributed by atoms with van der Waals surface area (Å²) in [6, 6.07) is 1.54. The summed E-state index contributed by atoms with van der Waals surface area (Å²) in [5.41, 5.74) is 12.0. The van der Waals surface area contributed by atoms with E-state index in [0.29, 0.717) is 11.2 Å². The second-order valence-electron chi connectivity index (χ2n) is 9.79. The maximum absolute atomic E-state index is 15.7. The van der Waals surface area contributed by atoms with Gasteiger partial charge in [0.25, 0.3) is 5.56 Å². The number of hydrogen-bond acceptors (Lipinski definition) is 15. The van der Waals surface area contributed by atoms with Crippen LogP contribution in [0.5, 0.6) is 0 Å². The SMILES string of the molecule is Nc1nc2c(ncn2[C@@H]2O[C@H](CO)CC2OP(O)(=S)OC[C@H]2O[C@@H](n3cnc4c(N)ccnc43)C(F)[C@H]2O[P+](=O)S)c(=O)[nH]1. The molecule has 2 aliphatic rings. The Hall–Kier alpha value is -2.68. The number of aromatic amines is 1. The van der Waals surface area contributed by atoms with Crippen LogP contribution in [0.2, 0.25) is 0 Å². The molecular formula is C21H25FN9O9P2S2+. The van der Waals surface area contributed by atoms with Crippen molar-refractivity contribution in [3.63, 3.8) is 0 Å². The molecule has 0 spiro atoms. The molecule has 6 rings (SSSR count). The first kappa shape index (κ1) is 31.3. The molecule has 4 aromatic heterocycles. The smallest absolute Gasteiger partial charge is 0.397 e. The monoisotopic (exact) mass is 692 g/mol. The lowest BCUT2D eigenvalue weighted by Gasteiger charge is -2.25. The number of rotatable bonds is 10. The number of H-pyrrole nitrogens is 1. The van der Waals surface area contributed by atoms with Gasteiger partial charge in [-0.25, -0.2) is 19.3 Å². The van der Waals surface area contributed by atoms with E-state index in [4.69, 9.17) is 46.3 Å². The van der Waals surface area contributed by atoms with Crippen LogP contribution in [-0.2, 0) is 39.4 Å². The second kappa shape index (κ2) is 12.3. The van der Waals surface area contributed by atoms with Gasteiger partial charge in [-0.1, -0.05) is 0 Å². The average molecular weight is 693 g/mol. The summed E-state index contributed by atoms with van der Waals surface area (Å²) in [4.78, 5) is 42.1. The molecule has 0 aromatic carbocycles. The fraction of sp³-hybridized carbons (Fsp3) is 0.476. The van der Waals surface area contributed by atoms with Crippen LogP contribution in [-0.4, -0.2) is 87.9 Å². The van der Waals surface area contributed by atoms with E-state index < -0.39 is 75.8 Å². The van der Waals surface area contributed by atoms with Crippen molar-refractivity contribution in [3.8, 4) is 0 Å². The number of imidazole rings is 2. The fourth-order valence-electron chi connectivity index (χ4n) is 5.09. The molecule has 18 nitrogen and oxygen atoms in total. The molecule has 6 heterocycles. The first-order valence-corrected chi connectivity index (χ1v) is 17.7. The van der Waals surface area contributed by atoms with Crippen LogP contribution in [0.1, 0.15) is 18.9 Å². The molecule has 0 saturated carbocycles. The van der Waals surface area contributed by atoms with Crippen molar-refractivity contribution in [3.05, 3.63) is 35.3 Å². The highest BCUT2D eigenvalue weighted by molar-refractivity contribution is 8.39. The molecule has 0 aliphatic carbocycles. The lowest BCUT2D eigenvalue weighted by molar-refractivity contribution is -0.0538. The summed E-state index contributed by atoms with van der Waals surface area (Å²) in [7, 11) is -2.57. The van der Waals surface area contributed by atoms with Crippen LogP contribution in [0, 0.1) is 0 Å². The van der Waals surface area contributed by atoms with E-state index in [9.17, 15) is 19.4 Å². The van der Waals surface area contributed by atoms with Crippen LogP contribution in [0.4, 0.5) is 16.0 Å². The van der Waals surface area contributed by atoms with Gasteiger partial charge in [0.15, 0.2) is 41.5 Å². The fourth-order valence-corrected chi connectivity index (χ4v) is 7.32. The maximum atomic E-state index is 15.7. The summed E-state index contributed by atoms with van der Waals surface area (Å²) < 4.78 is 58.5. The topological polar surface area (TPSA) is 250 Å². The molecule has 2 aliphatic heterocycles. The first-order chi connectivity index (χ1) is 21.0. The molecule has 4 aromatic rings. The normalized spacial score (nSPS) is 29.0. The zero-order valence-electron chi connectivity index (χ0n) is 22.2. The molecule has 23 heteroatoms.